The molecule has 0 saturated carbocycles. The molecule has 0 fully saturated rings. The third-order valence-electron chi connectivity index (χ3n) is 5.80. The smallest absolute Gasteiger partial charge is 0.433 e. The highest BCUT2D eigenvalue weighted by Crippen LogP contribution is 2.38. The van der Waals surface area contributed by atoms with Gasteiger partial charge in [0.25, 0.3) is 0 Å². The van der Waals surface area contributed by atoms with Gasteiger partial charge in [-0.15, -0.1) is 0 Å². The van der Waals surface area contributed by atoms with Crippen LogP contribution in [0.15, 0.2) is 54.7 Å². The highest BCUT2D eigenvalue weighted by molar-refractivity contribution is 5.76. The second kappa shape index (κ2) is 11.4. The fraction of sp³-hybridized carbons (Fsp3) is 0.346. The van der Waals surface area contributed by atoms with E-state index in [1.54, 1.807) is 0 Å². The van der Waals surface area contributed by atoms with E-state index in [4.69, 9.17) is 4.74 Å². The molecule has 0 aliphatic heterocycles. The van der Waals surface area contributed by atoms with Crippen LogP contribution in [0.4, 0.5) is 45.5 Å². The Morgan fingerprint density at radius 2 is 1.51 bits per heavy atom. The van der Waals surface area contributed by atoms with Crippen LogP contribution in [0.3, 0.4) is 0 Å². The number of alkyl halides is 9. The van der Waals surface area contributed by atoms with Crippen LogP contribution < -0.4 is 9.64 Å². The number of carboxylic acids is 1. The standard InChI is InChI=1S/C26H22F9N3O3/c1-23(2,21(39)40)41-18-7-3-15(4-8-18)10-12-38(22-36-11-9-20(37-22)26(33,34)35)14-16-5-6-17(24(27,28)29)13-19(16)25(30,31)32/h3-9,11,13H,10,12,14H2,1-2H3,(H,39,40). The van der Waals surface area contributed by atoms with Crippen molar-refractivity contribution in [1.82, 2.24) is 9.97 Å². The number of nitrogens with zero attached hydrogens (tertiary/aromatic N) is 3. The number of aliphatic carboxylic acids is 1. The Balaban J connectivity index is 1.95. The molecule has 0 unspecified atom stereocenters. The van der Waals surface area contributed by atoms with E-state index >= 15 is 0 Å². The van der Waals surface area contributed by atoms with Crippen molar-refractivity contribution in [2.24, 2.45) is 0 Å². The van der Waals surface area contributed by atoms with Crippen LogP contribution in [0.2, 0.25) is 0 Å². The predicted octanol–water partition coefficient (Wildman–Crippen LogP) is 7.02. The number of halogens is 9. The van der Waals surface area contributed by atoms with E-state index in [0.717, 1.165) is 11.1 Å². The number of anilines is 1. The first-order valence-electron chi connectivity index (χ1n) is 11.7. The summed E-state index contributed by atoms with van der Waals surface area (Å²) < 4.78 is 126. The Morgan fingerprint density at radius 3 is 2.05 bits per heavy atom. The number of benzene rings is 2. The Kier molecular flexibility index (Phi) is 8.79. The number of hydrogen-bond donors (Lipinski definition) is 1. The molecule has 1 aromatic heterocycles. The maximum atomic E-state index is 13.7. The van der Waals surface area contributed by atoms with E-state index in [1.165, 1.54) is 38.1 Å². The summed E-state index contributed by atoms with van der Waals surface area (Å²) in [4.78, 5) is 19.4. The molecule has 0 saturated heterocycles. The molecule has 0 bridgehead atoms. The van der Waals surface area contributed by atoms with Gasteiger partial charge in [-0.1, -0.05) is 18.2 Å². The number of hydrogen-bond acceptors (Lipinski definition) is 5. The molecule has 0 aliphatic rings. The minimum atomic E-state index is -5.20. The fourth-order valence-corrected chi connectivity index (χ4v) is 3.60. The first kappa shape index (κ1) is 31.5. The van der Waals surface area contributed by atoms with Crippen molar-refractivity contribution < 1.29 is 54.2 Å². The zero-order valence-corrected chi connectivity index (χ0v) is 21.3. The molecule has 6 nitrogen and oxygen atoms in total. The minimum absolute atomic E-state index is 0.0319. The van der Waals surface area contributed by atoms with Crippen molar-refractivity contribution in [2.75, 3.05) is 11.4 Å². The topological polar surface area (TPSA) is 75.5 Å². The Bertz CT molecular complexity index is 1370. The summed E-state index contributed by atoms with van der Waals surface area (Å²) in [6.45, 7) is 1.65. The molecule has 0 aliphatic carbocycles. The summed E-state index contributed by atoms with van der Waals surface area (Å²) in [5.74, 6) is -1.62. The molecule has 2 aromatic carbocycles. The molecule has 1 N–H and O–H groups in total. The molecule has 3 aromatic rings. The van der Waals surface area contributed by atoms with Gasteiger partial charge in [-0.2, -0.15) is 39.5 Å². The summed E-state index contributed by atoms with van der Waals surface area (Å²) >= 11 is 0. The first-order chi connectivity index (χ1) is 18.8. The molecular weight excluding hydrogens is 573 g/mol. The van der Waals surface area contributed by atoms with Gasteiger partial charge >= 0.3 is 24.5 Å². The van der Waals surface area contributed by atoms with Crippen LogP contribution in [0, 0.1) is 0 Å². The average Bonchev–Trinajstić information content (AvgIpc) is 2.85. The van der Waals surface area contributed by atoms with E-state index in [0.29, 0.717) is 23.8 Å². The second-order valence-electron chi connectivity index (χ2n) is 9.34. The van der Waals surface area contributed by atoms with Crippen LogP contribution in [-0.2, 0) is 36.3 Å². The third-order valence-corrected chi connectivity index (χ3v) is 5.80. The second-order valence-corrected chi connectivity index (χ2v) is 9.34. The van der Waals surface area contributed by atoms with Crippen molar-refractivity contribution in [1.29, 1.82) is 0 Å². The van der Waals surface area contributed by atoms with Gasteiger partial charge in [0, 0.05) is 19.3 Å². The summed E-state index contributed by atoms with van der Waals surface area (Å²) in [6.07, 6.45) is -14.3. The van der Waals surface area contributed by atoms with Crippen molar-refractivity contribution in [3.8, 4) is 5.75 Å². The van der Waals surface area contributed by atoms with Crippen LogP contribution in [0.25, 0.3) is 0 Å². The van der Waals surface area contributed by atoms with Gasteiger partial charge in [0.05, 0.1) is 11.1 Å². The summed E-state index contributed by atoms with van der Waals surface area (Å²) in [6, 6.07) is 7.47. The van der Waals surface area contributed by atoms with E-state index in [9.17, 15) is 49.4 Å². The van der Waals surface area contributed by atoms with Crippen LogP contribution in [-0.4, -0.2) is 33.2 Å². The van der Waals surface area contributed by atoms with Crippen molar-refractivity contribution >= 4 is 11.9 Å². The summed E-state index contributed by atoms with van der Waals surface area (Å²) in [5.41, 5.74) is -6.15. The molecular formula is C26H22F9N3O3. The average molecular weight is 595 g/mol. The lowest BCUT2D eigenvalue weighted by atomic mass is 10.0. The van der Waals surface area contributed by atoms with Crippen LogP contribution in [0.1, 0.15) is 41.8 Å². The molecule has 0 spiro atoms. The van der Waals surface area contributed by atoms with Crippen LogP contribution in [0.5, 0.6) is 5.75 Å². The number of aromatic nitrogens is 2. The van der Waals surface area contributed by atoms with E-state index in [1.807, 2.05) is 0 Å². The van der Waals surface area contributed by atoms with Gasteiger partial charge in [0.2, 0.25) is 5.95 Å². The van der Waals surface area contributed by atoms with Gasteiger partial charge in [-0.3, -0.25) is 0 Å². The van der Waals surface area contributed by atoms with Gasteiger partial charge in [0.1, 0.15) is 11.4 Å². The van der Waals surface area contributed by atoms with E-state index in [2.05, 4.69) is 9.97 Å². The molecule has 0 amide bonds. The molecule has 0 radical (unpaired) electrons. The van der Waals surface area contributed by atoms with E-state index < -0.39 is 65.0 Å². The Morgan fingerprint density at radius 1 is 0.878 bits per heavy atom. The molecule has 41 heavy (non-hydrogen) atoms. The maximum Gasteiger partial charge on any atom is 0.433 e. The molecule has 222 valence electrons. The highest BCUT2D eigenvalue weighted by Gasteiger charge is 2.39. The van der Waals surface area contributed by atoms with Gasteiger partial charge in [-0.25, -0.2) is 14.8 Å². The lowest BCUT2D eigenvalue weighted by Gasteiger charge is -2.26. The third kappa shape index (κ3) is 8.24. The Hall–Kier alpha value is -4.04. The zero-order chi connectivity index (χ0) is 30.8. The Labute approximate surface area is 227 Å². The zero-order valence-electron chi connectivity index (χ0n) is 21.3. The maximum absolute atomic E-state index is 13.7. The molecule has 1 heterocycles. The monoisotopic (exact) mass is 595 g/mol. The van der Waals surface area contributed by atoms with Crippen molar-refractivity contribution in [2.45, 2.75) is 50.9 Å². The number of carboxylic acid groups (broad SMARTS) is 1. The van der Waals surface area contributed by atoms with Crippen LogP contribution >= 0.6 is 0 Å². The first-order valence-corrected chi connectivity index (χ1v) is 11.7. The quantitative estimate of drug-likeness (QED) is 0.268. The molecule has 15 heteroatoms. The number of carbonyl (C=O) groups is 1. The predicted molar refractivity (Wildman–Crippen MR) is 127 cm³/mol. The lowest BCUT2D eigenvalue weighted by molar-refractivity contribution is -0.152. The summed E-state index contributed by atoms with van der Waals surface area (Å²) in [5, 5.41) is 9.19. The van der Waals surface area contributed by atoms with Gasteiger partial charge in [-0.05, 0) is 61.7 Å². The largest absolute Gasteiger partial charge is 0.478 e. The highest BCUT2D eigenvalue weighted by atomic mass is 19.4. The minimum Gasteiger partial charge on any atom is -0.478 e. The molecule has 0 atom stereocenters. The lowest BCUT2D eigenvalue weighted by Crippen LogP contribution is -2.37. The van der Waals surface area contributed by atoms with E-state index in [-0.39, 0.29) is 24.8 Å². The van der Waals surface area contributed by atoms with Crippen molar-refractivity contribution in [3.05, 3.63) is 82.7 Å². The number of ether oxygens (including phenoxy) is 1. The SMILES string of the molecule is CC(C)(Oc1ccc(CCN(Cc2ccc(C(F)(F)F)cc2C(F)(F)F)c2nccc(C(F)(F)F)n2)cc1)C(=O)O. The van der Waals surface area contributed by atoms with Gasteiger partial charge < -0.3 is 14.7 Å². The fourth-order valence-electron chi connectivity index (χ4n) is 3.60. The summed E-state index contributed by atoms with van der Waals surface area (Å²) in [7, 11) is 0. The van der Waals surface area contributed by atoms with Crippen molar-refractivity contribution in [3.63, 3.8) is 0 Å². The molecule has 3 rings (SSSR count). The normalized spacial score (nSPS) is 12.8. The van der Waals surface area contributed by atoms with Gasteiger partial charge in [0.15, 0.2) is 5.60 Å². The number of rotatable bonds is 9.